The summed E-state index contributed by atoms with van der Waals surface area (Å²) < 4.78 is 15.9. The highest BCUT2D eigenvalue weighted by Crippen LogP contribution is 2.39. The normalized spacial score (nSPS) is 11.6. The van der Waals surface area contributed by atoms with Crippen molar-refractivity contribution in [2.75, 3.05) is 9.80 Å². The number of hydrogen-bond donors (Lipinski definition) is 0. The van der Waals surface area contributed by atoms with Gasteiger partial charge >= 0.3 is 0 Å². The van der Waals surface area contributed by atoms with Gasteiger partial charge in [0.05, 0.1) is 2.74 Å². The third-order valence-corrected chi connectivity index (χ3v) is 6.27. The van der Waals surface area contributed by atoms with Gasteiger partial charge in [0.2, 0.25) is 0 Å². The van der Waals surface area contributed by atoms with Gasteiger partial charge in [0.15, 0.2) is 0 Å². The van der Waals surface area contributed by atoms with Crippen molar-refractivity contribution in [2.24, 2.45) is 0 Å². The summed E-state index contributed by atoms with van der Waals surface area (Å²) in [5.41, 5.74) is 6.21. The molecule has 6 rings (SSSR count). The Kier molecular flexibility index (Phi) is 5.31. The van der Waals surface area contributed by atoms with E-state index in [9.17, 15) is 0 Å². The van der Waals surface area contributed by atoms with Crippen LogP contribution < -0.4 is 9.80 Å². The maximum Gasteiger partial charge on any atom is 0.0623 e. The molecule has 0 atom stereocenters. The van der Waals surface area contributed by atoms with Crippen LogP contribution in [0.5, 0.6) is 0 Å². The average Bonchev–Trinajstić information content (AvgIpc) is 2.96. The molecule has 0 fully saturated rings. The Morgan fingerprint density at radius 2 is 0.694 bits per heavy atom. The van der Waals surface area contributed by atoms with Crippen LogP contribution in [-0.2, 0) is 0 Å². The van der Waals surface area contributed by atoms with Crippen LogP contribution >= 0.6 is 0 Å². The van der Waals surface area contributed by atoms with Crippen molar-refractivity contribution in [2.45, 2.75) is 0 Å². The van der Waals surface area contributed by atoms with Crippen molar-refractivity contribution in [3.05, 3.63) is 158 Å². The molecule has 0 aromatic heterocycles. The smallest absolute Gasteiger partial charge is 0.0623 e. The second-order valence-electron chi connectivity index (χ2n) is 8.57. The van der Waals surface area contributed by atoms with Crippen LogP contribution in [0.4, 0.5) is 34.1 Å². The zero-order chi connectivity index (χ0) is 25.9. The Hall–Kier alpha value is -4.82. The molecule has 0 unspecified atom stereocenters. The lowest BCUT2D eigenvalue weighted by Crippen LogP contribution is -2.10. The molecule has 172 valence electrons. The number of hydrogen-bond acceptors (Lipinski definition) is 2. The van der Waals surface area contributed by atoms with E-state index in [1.54, 1.807) is 0 Å². The summed E-state index contributed by atoms with van der Waals surface area (Å²) in [5, 5.41) is 2.28. The first-order chi connectivity index (χ1) is 18.7. The zero-order valence-electron chi connectivity index (χ0n) is 21.8. The van der Waals surface area contributed by atoms with Gasteiger partial charge in [-0.25, -0.2) is 0 Å². The van der Waals surface area contributed by atoms with Crippen LogP contribution in [-0.4, -0.2) is 0 Å². The molecule has 0 aliphatic carbocycles. The number of fused-ring (bicyclic) bond motifs is 1. The predicted octanol–water partition coefficient (Wildman–Crippen LogP) is 9.78. The van der Waals surface area contributed by atoms with Gasteiger partial charge in [-0.2, -0.15) is 0 Å². The molecule has 0 heterocycles. The van der Waals surface area contributed by atoms with Crippen molar-refractivity contribution in [1.29, 1.82) is 0 Å². The monoisotopic (exact) mass is 466 g/mol. The Morgan fingerprint density at radius 1 is 0.333 bits per heavy atom. The van der Waals surface area contributed by atoms with E-state index < -0.39 is 0 Å². The fourth-order valence-electron chi connectivity index (χ4n) is 4.60. The van der Waals surface area contributed by atoms with Crippen LogP contribution in [0.1, 0.15) is 2.74 Å². The lowest BCUT2D eigenvalue weighted by Gasteiger charge is -2.27. The molecule has 2 heteroatoms. The third-order valence-electron chi connectivity index (χ3n) is 6.27. The number of para-hydroxylation sites is 4. The number of rotatable bonds is 6. The molecule has 2 nitrogen and oxygen atoms in total. The Bertz CT molecular complexity index is 1540. The van der Waals surface area contributed by atoms with E-state index in [1.807, 2.05) is 84.9 Å². The van der Waals surface area contributed by atoms with Crippen molar-refractivity contribution >= 4 is 44.9 Å². The van der Waals surface area contributed by atoms with E-state index in [1.165, 1.54) is 0 Å². The molecular formula is C34H26N2. The molecule has 36 heavy (non-hydrogen) atoms. The Balaban J connectivity index is 1.49. The summed E-state index contributed by atoms with van der Waals surface area (Å²) in [6, 6.07) is 49.9. The van der Waals surface area contributed by atoms with Crippen LogP contribution in [0.15, 0.2) is 158 Å². The van der Waals surface area contributed by atoms with E-state index in [0.717, 1.165) is 44.9 Å². The quantitative estimate of drug-likeness (QED) is 0.241. The molecule has 6 aromatic carbocycles. The van der Waals surface area contributed by atoms with Gasteiger partial charge in [0.1, 0.15) is 0 Å². The molecule has 0 radical (unpaired) electrons. The third kappa shape index (κ3) is 4.33. The zero-order valence-corrected chi connectivity index (χ0v) is 19.8. The molecule has 0 spiro atoms. The van der Waals surface area contributed by atoms with Crippen molar-refractivity contribution in [1.82, 2.24) is 0 Å². The van der Waals surface area contributed by atoms with Crippen molar-refractivity contribution in [3.63, 3.8) is 0 Å². The van der Waals surface area contributed by atoms with Gasteiger partial charge in [-0.15, -0.1) is 0 Å². The van der Waals surface area contributed by atoms with Gasteiger partial charge < -0.3 is 9.80 Å². The molecule has 0 amide bonds. The molecule has 0 aliphatic rings. The minimum Gasteiger partial charge on any atom is -0.310 e. The van der Waals surface area contributed by atoms with Crippen LogP contribution in [0, 0.1) is 0 Å². The Labute approximate surface area is 215 Å². The Morgan fingerprint density at radius 3 is 1.08 bits per heavy atom. The van der Waals surface area contributed by atoms with Gasteiger partial charge in [0.25, 0.3) is 0 Å². The van der Waals surface area contributed by atoms with E-state index in [0.29, 0.717) is 12.1 Å². The molecule has 0 bridgehead atoms. The van der Waals surface area contributed by atoms with Gasteiger partial charge in [-0.3, -0.25) is 0 Å². The first kappa shape index (κ1) is 19.5. The summed E-state index contributed by atoms with van der Waals surface area (Å²) in [5.74, 6) is 0. The van der Waals surface area contributed by atoms with E-state index in [-0.39, 0.29) is 0 Å². The molecule has 6 aromatic rings. The number of anilines is 6. The summed E-state index contributed by atoms with van der Waals surface area (Å²) in [6.07, 6.45) is 0. The second kappa shape index (κ2) is 9.81. The maximum atomic E-state index is 7.93. The highest BCUT2D eigenvalue weighted by atomic mass is 15.1. The molecule has 0 aliphatic heterocycles. The topological polar surface area (TPSA) is 6.48 Å². The van der Waals surface area contributed by atoms with Gasteiger partial charge in [0, 0.05) is 34.1 Å². The largest absolute Gasteiger partial charge is 0.310 e. The average molecular weight is 467 g/mol. The van der Waals surface area contributed by atoms with Crippen LogP contribution in [0.2, 0.25) is 0 Å². The number of benzene rings is 6. The fraction of sp³-hybridized carbons (Fsp3) is 0. The molecule has 0 saturated heterocycles. The van der Waals surface area contributed by atoms with E-state index in [4.69, 9.17) is 2.74 Å². The lowest BCUT2D eigenvalue weighted by molar-refractivity contribution is 1.28. The molecular weight excluding hydrogens is 436 g/mol. The first-order valence-corrected chi connectivity index (χ1v) is 12.0. The SMILES string of the molecule is [3H]c1ccc(N(c2ccccc2)c2ccc3ccc(N(c4ccccc4)c4ccc([3H])cc4)cc3c2)cc1. The fourth-order valence-corrected chi connectivity index (χ4v) is 4.60. The maximum absolute atomic E-state index is 7.93. The standard InChI is InChI=1S/C34H26N2/c1-5-13-29(14-6-1)35(30-15-7-2-8-16-30)33-23-21-27-22-24-34(26-28(27)25-33)36(31-17-9-3-10-18-31)32-19-11-4-12-20-32/h1-26H/i1T,3T. The first-order valence-electron chi connectivity index (χ1n) is 13.0. The lowest BCUT2D eigenvalue weighted by atomic mass is 10.1. The van der Waals surface area contributed by atoms with Crippen molar-refractivity contribution in [3.8, 4) is 0 Å². The van der Waals surface area contributed by atoms with E-state index >= 15 is 0 Å². The minimum atomic E-state index is 0.490. The molecule has 0 N–H and O–H groups in total. The van der Waals surface area contributed by atoms with E-state index in [2.05, 4.69) is 70.5 Å². The van der Waals surface area contributed by atoms with Gasteiger partial charge in [-0.1, -0.05) is 84.9 Å². The van der Waals surface area contributed by atoms with Crippen LogP contribution in [0.3, 0.4) is 0 Å². The molecule has 0 saturated carbocycles. The second-order valence-corrected chi connectivity index (χ2v) is 8.57. The van der Waals surface area contributed by atoms with Gasteiger partial charge in [-0.05, 0) is 83.6 Å². The number of nitrogens with zero attached hydrogens (tertiary/aromatic N) is 2. The predicted molar refractivity (Wildman–Crippen MR) is 153 cm³/mol. The minimum absolute atomic E-state index is 0.490. The highest BCUT2D eigenvalue weighted by molar-refractivity contribution is 5.93. The summed E-state index contributed by atoms with van der Waals surface area (Å²) >= 11 is 0. The highest BCUT2D eigenvalue weighted by Gasteiger charge is 2.15. The van der Waals surface area contributed by atoms with Crippen molar-refractivity contribution < 1.29 is 2.74 Å². The van der Waals surface area contributed by atoms with Crippen LogP contribution in [0.25, 0.3) is 10.8 Å². The summed E-state index contributed by atoms with van der Waals surface area (Å²) in [4.78, 5) is 4.43. The summed E-state index contributed by atoms with van der Waals surface area (Å²) in [7, 11) is 0. The summed E-state index contributed by atoms with van der Waals surface area (Å²) in [6.45, 7) is 0.